The molecule has 2 aromatic carbocycles. The molecule has 1 aliphatic carbocycles. The zero-order valence-corrected chi connectivity index (χ0v) is 14.4. The van der Waals surface area contributed by atoms with Gasteiger partial charge in [0.25, 0.3) is 0 Å². The van der Waals surface area contributed by atoms with E-state index in [0.717, 1.165) is 16.6 Å². The fourth-order valence-electron chi connectivity index (χ4n) is 3.20. The van der Waals surface area contributed by atoms with E-state index in [-0.39, 0.29) is 0 Å². The largest absolute Gasteiger partial charge is 0.256 e. The van der Waals surface area contributed by atoms with Gasteiger partial charge >= 0.3 is 0 Å². The highest BCUT2D eigenvalue weighted by molar-refractivity contribution is 8.01. The van der Waals surface area contributed by atoms with E-state index in [1.807, 2.05) is 36.2 Å². The van der Waals surface area contributed by atoms with Gasteiger partial charge in [0.15, 0.2) is 0 Å². The Bertz CT molecular complexity index is 951. The Kier molecular flexibility index (Phi) is 3.78. The maximum Gasteiger partial charge on any atom is 0.0991 e. The Labute approximate surface area is 146 Å². The van der Waals surface area contributed by atoms with Crippen LogP contribution in [0.2, 0.25) is 0 Å². The molecule has 1 saturated carbocycles. The molecule has 4 rings (SSSR count). The van der Waals surface area contributed by atoms with Crippen LogP contribution >= 0.6 is 11.8 Å². The molecule has 24 heavy (non-hydrogen) atoms. The van der Waals surface area contributed by atoms with Gasteiger partial charge in [0.05, 0.1) is 17.1 Å². The standard InChI is InChI=1S/C21H18N2S/c1-21(9-3-10-21)24-20-8-11-23-19-7-6-17(13-18(19)20)16-5-2-4-15(12-16)14-22/h2,4-8,11-13H,3,9-10H2,1H3. The number of nitrogens with zero attached hydrogens (tertiary/aromatic N) is 2. The van der Waals surface area contributed by atoms with Crippen LogP contribution in [0.4, 0.5) is 0 Å². The lowest BCUT2D eigenvalue weighted by molar-refractivity contribution is 0.392. The predicted molar refractivity (Wildman–Crippen MR) is 100 cm³/mol. The summed E-state index contributed by atoms with van der Waals surface area (Å²) in [5, 5.41) is 10.3. The van der Waals surface area contributed by atoms with E-state index in [2.05, 4.69) is 48.3 Å². The molecular weight excluding hydrogens is 312 g/mol. The zero-order chi connectivity index (χ0) is 16.6. The van der Waals surface area contributed by atoms with Crippen molar-refractivity contribution in [3.05, 3.63) is 60.3 Å². The number of hydrogen-bond donors (Lipinski definition) is 0. The molecule has 1 aliphatic rings. The molecule has 0 radical (unpaired) electrons. The topological polar surface area (TPSA) is 36.7 Å². The number of pyridine rings is 1. The number of rotatable bonds is 3. The van der Waals surface area contributed by atoms with Crippen molar-refractivity contribution in [3.8, 4) is 17.2 Å². The summed E-state index contributed by atoms with van der Waals surface area (Å²) in [6.45, 7) is 2.35. The lowest BCUT2D eigenvalue weighted by Crippen LogP contribution is -2.28. The minimum atomic E-state index is 0.366. The minimum Gasteiger partial charge on any atom is -0.256 e. The molecule has 2 nitrogen and oxygen atoms in total. The van der Waals surface area contributed by atoms with Crippen LogP contribution in [0.3, 0.4) is 0 Å². The van der Waals surface area contributed by atoms with E-state index in [1.54, 1.807) is 0 Å². The average Bonchev–Trinajstić information content (AvgIpc) is 2.60. The van der Waals surface area contributed by atoms with Crippen LogP contribution in [-0.4, -0.2) is 9.73 Å². The molecule has 0 bridgehead atoms. The third-order valence-electron chi connectivity index (χ3n) is 4.79. The number of nitriles is 1. The first kappa shape index (κ1) is 15.2. The summed E-state index contributed by atoms with van der Waals surface area (Å²) < 4.78 is 0.366. The molecule has 1 aromatic heterocycles. The third-order valence-corrected chi connectivity index (χ3v) is 6.27. The molecule has 0 saturated heterocycles. The maximum absolute atomic E-state index is 9.12. The van der Waals surface area contributed by atoms with E-state index in [9.17, 15) is 0 Å². The molecule has 118 valence electrons. The first-order chi connectivity index (χ1) is 11.7. The maximum atomic E-state index is 9.12. The smallest absolute Gasteiger partial charge is 0.0991 e. The van der Waals surface area contributed by atoms with E-state index in [0.29, 0.717) is 10.3 Å². The summed E-state index contributed by atoms with van der Waals surface area (Å²) in [6.07, 6.45) is 5.80. The fourth-order valence-corrected chi connectivity index (χ4v) is 4.63. The Balaban J connectivity index is 1.80. The van der Waals surface area contributed by atoms with Gasteiger partial charge < -0.3 is 0 Å². The molecule has 0 amide bonds. The van der Waals surface area contributed by atoms with E-state index >= 15 is 0 Å². The van der Waals surface area contributed by atoms with Crippen LogP contribution in [0, 0.1) is 11.3 Å². The molecule has 0 N–H and O–H groups in total. The Morgan fingerprint density at radius 3 is 2.67 bits per heavy atom. The Morgan fingerprint density at radius 2 is 1.92 bits per heavy atom. The predicted octanol–water partition coefficient (Wildman–Crippen LogP) is 5.81. The highest BCUT2D eigenvalue weighted by Crippen LogP contribution is 2.48. The van der Waals surface area contributed by atoms with Gasteiger partial charge in [-0.15, -0.1) is 11.8 Å². The van der Waals surface area contributed by atoms with Crippen molar-refractivity contribution in [3.63, 3.8) is 0 Å². The highest BCUT2D eigenvalue weighted by Gasteiger charge is 2.33. The van der Waals surface area contributed by atoms with E-state index in [1.165, 1.54) is 29.5 Å². The minimum absolute atomic E-state index is 0.366. The van der Waals surface area contributed by atoms with Gasteiger partial charge in [-0.25, -0.2) is 0 Å². The van der Waals surface area contributed by atoms with Crippen molar-refractivity contribution in [2.75, 3.05) is 0 Å². The zero-order valence-electron chi connectivity index (χ0n) is 13.6. The fraction of sp³-hybridized carbons (Fsp3) is 0.238. The van der Waals surface area contributed by atoms with Crippen molar-refractivity contribution in [1.29, 1.82) is 5.26 Å². The van der Waals surface area contributed by atoms with Crippen LogP contribution in [0.5, 0.6) is 0 Å². The van der Waals surface area contributed by atoms with Gasteiger partial charge in [0, 0.05) is 21.2 Å². The summed E-state index contributed by atoms with van der Waals surface area (Å²) >= 11 is 1.98. The first-order valence-electron chi connectivity index (χ1n) is 8.25. The van der Waals surface area contributed by atoms with Crippen molar-refractivity contribution in [1.82, 2.24) is 4.98 Å². The summed E-state index contributed by atoms with van der Waals surface area (Å²) in [7, 11) is 0. The van der Waals surface area contributed by atoms with Crippen molar-refractivity contribution < 1.29 is 0 Å². The number of thioether (sulfide) groups is 1. The van der Waals surface area contributed by atoms with Gasteiger partial charge in [-0.2, -0.15) is 5.26 Å². The number of hydrogen-bond acceptors (Lipinski definition) is 3. The van der Waals surface area contributed by atoms with Crippen molar-refractivity contribution in [2.45, 2.75) is 35.8 Å². The summed E-state index contributed by atoms with van der Waals surface area (Å²) in [6, 6.07) is 18.5. The van der Waals surface area contributed by atoms with Gasteiger partial charge in [0.2, 0.25) is 0 Å². The molecule has 0 spiro atoms. The average molecular weight is 330 g/mol. The second kappa shape index (κ2) is 5.96. The number of fused-ring (bicyclic) bond motifs is 1. The summed E-state index contributed by atoms with van der Waals surface area (Å²) in [4.78, 5) is 5.82. The van der Waals surface area contributed by atoms with Crippen LogP contribution in [0.15, 0.2) is 59.6 Å². The summed E-state index contributed by atoms with van der Waals surface area (Å²) in [5.41, 5.74) is 3.93. The third kappa shape index (κ3) is 2.79. The van der Waals surface area contributed by atoms with Gasteiger partial charge in [-0.05, 0) is 54.3 Å². The van der Waals surface area contributed by atoms with Gasteiger partial charge in [-0.3, -0.25) is 4.98 Å². The molecule has 0 aliphatic heterocycles. The normalized spacial score (nSPS) is 15.7. The lowest BCUT2D eigenvalue weighted by Gasteiger charge is -2.37. The highest BCUT2D eigenvalue weighted by atomic mass is 32.2. The SMILES string of the molecule is CC1(Sc2ccnc3ccc(-c4cccc(C#N)c4)cc23)CCC1. The molecule has 3 aromatic rings. The van der Waals surface area contributed by atoms with Crippen LogP contribution in [0.25, 0.3) is 22.0 Å². The van der Waals surface area contributed by atoms with E-state index < -0.39 is 0 Å². The van der Waals surface area contributed by atoms with E-state index in [4.69, 9.17) is 5.26 Å². The molecule has 0 atom stereocenters. The summed E-state index contributed by atoms with van der Waals surface area (Å²) in [5.74, 6) is 0. The molecule has 0 unspecified atom stereocenters. The van der Waals surface area contributed by atoms with Crippen LogP contribution in [-0.2, 0) is 0 Å². The Hall–Kier alpha value is -2.31. The monoisotopic (exact) mass is 330 g/mol. The van der Waals surface area contributed by atoms with Gasteiger partial charge in [-0.1, -0.05) is 31.5 Å². The van der Waals surface area contributed by atoms with Crippen LogP contribution in [0.1, 0.15) is 31.7 Å². The lowest BCUT2D eigenvalue weighted by atomic mass is 9.86. The van der Waals surface area contributed by atoms with Crippen LogP contribution < -0.4 is 0 Å². The van der Waals surface area contributed by atoms with Crippen molar-refractivity contribution in [2.24, 2.45) is 0 Å². The number of aromatic nitrogens is 1. The second-order valence-electron chi connectivity index (χ2n) is 6.64. The molecule has 1 fully saturated rings. The number of benzene rings is 2. The Morgan fingerprint density at radius 1 is 1.08 bits per heavy atom. The first-order valence-corrected chi connectivity index (χ1v) is 9.07. The quantitative estimate of drug-likeness (QED) is 0.608. The van der Waals surface area contributed by atoms with Crippen molar-refractivity contribution >= 4 is 22.7 Å². The second-order valence-corrected chi connectivity index (χ2v) is 8.27. The molecule has 1 heterocycles. The molecule has 3 heteroatoms. The van der Waals surface area contributed by atoms with Gasteiger partial charge in [0.1, 0.15) is 0 Å². The molecular formula is C21H18N2S.